The highest BCUT2D eigenvalue weighted by Gasteiger charge is 2.43. The molecule has 2 aliphatic carbocycles. The molecule has 0 heterocycles. The van der Waals surface area contributed by atoms with E-state index >= 15 is 0 Å². The molecule has 0 N–H and O–H groups in total. The highest BCUT2D eigenvalue weighted by molar-refractivity contribution is 4.99. The predicted molar refractivity (Wildman–Crippen MR) is 63.9 cm³/mol. The Morgan fingerprint density at radius 1 is 1.31 bits per heavy atom. The standard InChI is InChI=1S/C14H23NO/c1-2-12-5-3-4-6-13(12)16-11-14(7-8-14)9-10-15/h12-13H,2-9,11H2,1H3. The van der Waals surface area contributed by atoms with Gasteiger partial charge in [-0.2, -0.15) is 5.26 Å². The van der Waals surface area contributed by atoms with E-state index < -0.39 is 0 Å². The Morgan fingerprint density at radius 3 is 2.69 bits per heavy atom. The number of nitriles is 1. The van der Waals surface area contributed by atoms with Gasteiger partial charge < -0.3 is 4.74 Å². The Bertz CT molecular complexity index is 264. The fraction of sp³-hybridized carbons (Fsp3) is 0.929. The molecule has 2 nitrogen and oxygen atoms in total. The van der Waals surface area contributed by atoms with Gasteiger partial charge in [0.05, 0.1) is 18.8 Å². The van der Waals surface area contributed by atoms with Crippen LogP contribution in [0.15, 0.2) is 0 Å². The van der Waals surface area contributed by atoms with Crippen molar-refractivity contribution in [3.05, 3.63) is 0 Å². The lowest BCUT2D eigenvalue weighted by Gasteiger charge is -2.31. The van der Waals surface area contributed by atoms with Gasteiger partial charge >= 0.3 is 0 Å². The monoisotopic (exact) mass is 221 g/mol. The molecule has 0 bridgehead atoms. The quantitative estimate of drug-likeness (QED) is 0.709. The van der Waals surface area contributed by atoms with Gasteiger partial charge in [0.25, 0.3) is 0 Å². The Kier molecular flexibility index (Phi) is 3.86. The summed E-state index contributed by atoms with van der Waals surface area (Å²) in [5, 5.41) is 8.77. The van der Waals surface area contributed by atoms with Gasteiger partial charge in [-0.05, 0) is 31.6 Å². The molecule has 0 aromatic rings. The first-order valence-corrected chi connectivity index (χ1v) is 6.78. The van der Waals surface area contributed by atoms with Gasteiger partial charge in [0.2, 0.25) is 0 Å². The third-order valence-electron chi connectivity index (χ3n) is 4.38. The Balaban J connectivity index is 1.78. The summed E-state index contributed by atoms with van der Waals surface area (Å²) in [4.78, 5) is 0. The molecule has 2 unspecified atom stereocenters. The smallest absolute Gasteiger partial charge is 0.0628 e. The zero-order valence-corrected chi connectivity index (χ0v) is 10.4. The van der Waals surface area contributed by atoms with Crippen LogP contribution >= 0.6 is 0 Å². The third-order valence-corrected chi connectivity index (χ3v) is 4.38. The second-order valence-electron chi connectivity index (χ2n) is 5.64. The number of hydrogen-bond donors (Lipinski definition) is 0. The molecule has 16 heavy (non-hydrogen) atoms. The summed E-state index contributed by atoms with van der Waals surface area (Å²) < 4.78 is 6.12. The lowest BCUT2D eigenvalue weighted by atomic mass is 9.84. The molecule has 0 radical (unpaired) electrons. The van der Waals surface area contributed by atoms with Crippen LogP contribution in [0.3, 0.4) is 0 Å². The summed E-state index contributed by atoms with van der Waals surface area (Å²) in [6.45, 7) is 3.11. The van der Waals surface area contributed by atoms with Crippen molar-refractivity contribution in [1.82, 2.24) is 0 Å². The summed E-state index contributed by atoms with van der Waals surface area (Å²) in [6.07, 6.45) is 10.1. The minimum Gasteiger partial charge on any atom is -0.377 e. The van der Waals surface area contributed by atoms with Gasteiger partial charge in [0, 0.05) is 11.8 Å². The van der Waals surface area contributed by atoms with Crippen molar-refractivity contribution in [3.8, 4) is 6.07 Å². The molecule has 2 aliphatic rings. The van der Waals surface area contributed by atoms with Crippen LogP contribution in [-0.2, 0) is 4.74 Å². The SMILES string of the molecule is CCC1CCCCC1OCC1(CC#N)CC1. The van der Waals surface area contributed by atoms with Crippen molar-refractivity contribution < 1.29 is 4.74 Å². The first kappa shape index (κ1) is 11.9. The topological polar surface area (TPSA) is 33.0 Å². The van der Waals surface area contributed by atoms with E-state index in [1.54, 1.807) is 0 Å². The highest BCUT2D eigenvalue weighted by atomic mass is 16.5. The van der Waals surface area contributed by atoms with Crippen molar-refractivity contribution in [1.29, 1.82) is 5.26 Å². The van der Waals surface area contributed by atoms with Gasteiger partial charge in [-0.25, -0.2) is 0 Å². The molecular weight excluding hydrogens is 198 g/mol. The zero-order chi connectivity index (χ0) is 11.4. The van der Waals surface area contributed by atoms with Gasteiger partial charge in [0.15, 0.2) is 0 Å². The molecule has 0 aromatic heterocycles. The number of rotatable bonds is 5. The first-order valence-electron chi connectivity index (χ1n) is 6.78. The summed E-state index contributed by atoms with van der Waals surface area (Å²) in [5.74, 6) is 0.770. The predicted octanol–water partition coefficient (Wildman–Crippen LogP) is 3.67. The molecule has 0 aliphatic heterocycles. The number of hydrogen-bond acceptors (Lipinski definition) is 2. The molecule has 0 amide bonds. The van der Waals surface area contributed by atoms with E-state index in [1.807, 2.05) is 0 Å². The van der Waals surface area contributed by atoms with Crippen molar-refractivity contribution in [2.75, 3.05) is 6.61 Å². The summed E-state index contributed by atoms with van der Waals surface area (Å²) >= 11 is 0. The average Bonchev–Trinajstić information content (AvgIpc) is 3.08. The summed E-state index contributed by atoms with van der Waals surface area (Å²) in [7, 11) is 0. The maximum Gasteiger partial charge on any atom is 0.0628 e. The second kappa shape index (κ2) is 5.19. The largest absolute Gasteiger partial charge is 0.377 e. The minimum atomic E-state index is 0.254. The molecule has 2 atom stereocenters. The van der Waals surface area contributed by atoms with Crippen LogP contribution in [0.4, 0.5) is 0 Å². The van der Waals surface area contributed by atoms with Gasteiger partial charge in [-0.1, -0.05) is 26.2 Å². The van der Waals surface area contributed by atoms with E-state index in [1.165, 1.54) is 44.9 Å². The molecule has 2 saturated carbocycles. The van der Waals surface area contributed by atoms with Crippen LogP contribution in [0.1, 0.15) is 58.3 Å². The van der Waals surface area contributed by atoms with Crippen molar-refractivity contribution in [3.63, 3.8) is 0 Å². The normalized spacial score (nSPS) is 32.0. The van der Waals surface area contributed by atoms with Gasteiger partial charge in [-0.3, -0.25) is 0 Å². The maximum atomic E-state index is 8.77. The minimum absolute atomic E-state index is 0.254. The molecular formula is C14H23NO. The van der Waals surface area contributed by atoms with Crippen LogP contribution in [0.2, 0.25) is 0 Å². The average molecular weight is 221 g/mol. The molecule has 2 fully saturated rings. The molecule has 0 aromatic carbocycles. The van der Waals surface area contributed by atoms with Crippen LogP contribution in [0.25, 0.3) is 0 Å². The summed E-state index contributed by atoms with van der Waals surface area (Å²) in [6, 6.07) is 2.30. The third kappa shape index (κ3) is 2.77. The van der Waals surface area contributed by atoms with E-state index in [4.69, 9.17) is 10.00 Å². The van der Waals surface area contributed by atoms with E-state index in [0.29, 0.717) is 12.5 Å². The highest BCUT2D eigenvalue weighted by Crippen LogP contribution is 2.49. The van der Waals surface area contributed by atoms with Gasteiger partial charge in [-0.15, -0.1) is 0 Å². The number of nitrogens with zero attached hydrogens (tertiary/aromatic N) is 1. The maximum absolute atomic E-state index is 8.77. The fourth-order valence-electron chi connectivity index (χ4n) is 2.86. The van der Waals surface area contributed by atoms with Crippen LogP contribution in [0, 0.1) is 22.7 Å². The van der Waals surface area contributed by atoms with Crippen molar-refractivity contribution >= 4 is 0 Å². The van der Waals surface area contributed by atoms with Crippen molar-refractivity contribution in [2.45, 2.75) is 64.4 Å². The van der Waals surface area contributed by atoms with Gasteiger partial charge in [0.1, 0.15) is 0 Å². The molecule has 2 rings (SSSR count). The molecule has 2 heteroatoms. The van der Waals surface area contributed by atoms with Crippen LogP contribution in [-0.4, -0.2) is 12.7 Å². The molecule has 0 saturated heterocycles. The van der Waals surface area contributed by atoms with Crippen molar-refractivity contribution in [2.24, 2.45) is 11.3 Å². The Labute approximate surface area is 99.0 Å². The Hall–Kier alpha value is -0.550. The summed E-state index contributed by atoms with van der Waals surface area (Å²) in [5.41, 5.74) is 0.254. The fourth-order valence-corrected chi connectivity index (χ4v) is 2.86. The second-order valence-corrected chi connectivity index (χ2v) is 5.64. The van der Waals surface area contributed by atoms with E-state index in [0.717, 1.165) is 12.5 Å². The van der Waals surface area contributed by atoms with E-state index in [-0.39, 0.29) is 5.41 Å². The Morgan fingerprint density at radius 2 is 2.06 bits per heavy atom. The lowest BCUT2D eigenvalue weighted by Crippen LogP contribution is -2.29. The number of ether oxygens (including phenoxy) is 1. The molecule has 0 spiro atoms. The van der Waals surface area contributed by atoms with Crippen LogP contribution in [0.5, 0.6) is 0 Å². The van der Waals surface area contributed by atoms with E-state index in [9.17, 15) is 0 Å². The first-order chi connectivity index (χ1) is 7.79. The van der Waals surface area contributed by atoms with Crippen LogP contribution < -0.4 is 0 Å². The lowest BCUT2D eigenvalue weighted by molar-refractivity contribution is -0.0321. The zero-order valence-electron chi connectivity index (χ0n) is 10.4. The van der Waals surface area contributed by atoms with E-state index in [2.05, 4.69) is 13.0 Å². The molecule has 90 valence electrons.